The van der Waals surface area contributed by atoms with E-state index < -0.39 is 11.7 Å². The van der Waals surface area contributed by atoms with Gasteiger partial charge in [-0.25, -0.2) is 4.98 Å². The first-order chi connectivity index (χ1) is 24.2. The topological polar surface area (TPSA) is 33.8 Å². The first-order valence-corrected chi connectivity index (χ1v) is 17.0. The third-order valence-electron chi connectivity index (χ3n) is 10.7. The van der Waals surface area contributed by atoms with Crippen LogP contribution in [-0.4, -0.2) is 4.98 Å². The summed E-state index contributed by atoms with van der Waals surface area (Å²) in [7, 11) is 0. The van der Waals surface area contributed by atoms with Crippen molar-refractivity contribution >= 4 is 27.8 Å². The molecule has 0 spiro atoms. The normalized spacial score (nSPS) is 17.1. The van der Waals surface area contributed by atoms with Crippen LogP contribution in [-0.2, 0) is 12.6 Å². The highest BCUT2D eigenvalue weighted by Crippen LogP contribution is 2.46. The molecule has 7 aromatic rings. The molecule has 0 saturated carbocycles. The summed E-state index contributed by atoms with van der Waals surface area (Å²) in [4.78, 5) is 4.98. The van der Waals surface area contributed by atoms with Gasteiger partial charge in [-0.3, -0.25) is 0 Å². The molecule has 2 aliphatic rings. The van der Waals surface area contributed by atoms with E-state index in [1.165, 1.54) is 23.4 Å². The lowest BCUT2D eigenvalue weighted by atomic mass is 9.77. The van der Waals surface area contributed by atoms with Crippen LogP contribution >= 0.6 is 0 Å². The number of furan rings is 1. The summed E-state index contributed by atoms with van der Waals surface area (Å²) in [5, 5.41) is 1.63. The van der Waals surface area contributed by atoms with Crippen LogP contribution in [0.15, 0.2) is 120 Å². The Kier molecular flexibility index (Phi) is 6.85. The van der Waals surface area contributed by atoms with Crippen LogP contribution in [0.2, 0.25) is 0 Å². The molecule has 7 heteroatoms. The highest BCUT2D eigenvalue weighted by Gasteiger charge is 2.43. The average molecular weight is 666 g/mol. The molecule has 0 aliphatic carbocycles. The van der Waals surface area contributed by atoms with E-state index in [1.807, 2.05) is 28.8 Å². The summed E-state index contributed by atoms with van der Waals surface area (Å²) in [6.45, 7) is 8.65. The predicted molar refractivity (Wildman–Crippen MR) is 189 cm³/mol. The van der Waals surface area contributed by atoms with Crippen molar-refractivity contribution < 1.29 is 26.7 Å². The summed E-state index contributed by atoms with van der Waals surface area (Å²) in [5.74, 6) is 0.0743. The Morgan fingerprint density at radius 3 is 2.40 bits per heavy atom. The Bertz CT molecular complexity index is 2510. The lowest BCUT2D eigenvalue weighted by molar-refractivity contribution is -0.719. The SMILES string of the molecule is C=C1CC2c3ccccc3-c3cccc[n+]3C2CCc2ccc3c(oc4nc(-c5c(C)cccc5C)ccc43)c2-c2cc(C(F)(F)F)cc[n+]21. The number of aryl methyl sites for hydroxylation is 3. The van der Waals surface area contributed by atoms with Crippen LogP contribution in [0.5, 0.6) is 0 Å². The number of halogens is 3. The molecule has 6 heterocycles. The lowest BCUT2D eigenvalue weighted by Crippen LogP contribution is -2.48. The van der Waals surface area contributed by atoms with Gasteiger partial charge in [0, 0.05) is 59.0 Å². The number of benzene rings is 3. The fraction of sp³-hybridized carbons (Fsp3) is 0.186. The van der Waals surface area contributed by atoms with Crippen LogP contribution in [0.3, 0.4) is 0 Å². The maximum absolute atomic E-state index is 14.4. The third-order valence-corrected chi connectivity index (χ3v) is 10.7. The first-order valence-electron chi connectivity index (χ1n) is 17.0. The highest BCUT2D eigenvalue weighted by atomic mass is 19.4. The number of rotatable bonds is 1. The Hall–Kier alpha value is -5.56. The van der Waals surface area contributed by atoms with E-state index in [1.54, 1.807) is 0 Å². The molecular formula is C43H34F3N3O+2. The van der Waals surface area contributed by atoms with Gasteiger partial charge in [0.15, 0.2) is 29.7 Å². The average Bonchev–Trinajstić information content (AvgIpc) is 3.48. The van der Waals surface area contributed by atoms with Crippen molar-refractivity contribution in [2.75, 3.05) is 0 Å². The van der Waals surface area contributed by atoms with Crippen molar-refractivity contribution in [2.45, 2.75) is 51.2 Å². The molecule has 0 fully saturated rings. The Balaban J connectivity index is 1.29. The number of allylic oxidation sites excluding steroid dienone is 1. The van der Waals surface area contributed by atoms with Gasteiger partial charge in [-0.15, -0.1) is 0 Å². The first kappa shape index (κ1) is 30.5. The van der Waals surface area contributed by atoms with Gasteiger partial charge >= 0.3 is 6.18 Å². The van der Waals surface area contributed by atoms with E-state index in [9.17, 15) is 13.2 Å². The van der Waals surface area contributed by atoms with Gasteiger partial charge in [0.05, 0.1) is 22.7 Å². The predicted octanol–water partition coefficient (Wildman–Crippen LogP) is 10.3. The molecule has 9 rings (SSSR count). The van der Waals surface area contributed by atoms with Crippen LogP contribution in [0, 0.1) is 13.8 Å². The lowest BCUT2D eigenvalue weighted by Gasteiger charge is -2.31. The third kappa shape index (κ3) is 4.71. The zero-order chi connectivity index (χ0) is 34.3. The molecule has 0 bridgehead atoms. The fourth-order valence-corrected chi connectivity index (χ4v) is 8.42. The summed E-state index contributed by atoms with van der Waals surface area (Å²) in [6.07, 6.45) is 1.13. The number of hydrogen-bond acceptors (Lipinski definition) is 2. The van der Waals surface area contributed by atoms with Crippen molar-refractivity contribution in [2.24, 2.45) is 0 Å². The largest absolute Gasteiger partial charge is 0.437 e. The Labute approximate surface area is 287 Å². The van der Waals surface area contributed by atoms with Gasteiger partial charge in [-0.1, -0.05) is 48.5 Å². The summed E-state index contributed by atoms with van der Waals surface area (Å²) >= 11 is 0. The minimum Gasteiger partial charge on any atom is -0.437 e. The number of alkyl halides is 3. The standard InChI is InChI=1S/C43H34F3N3O/c1-25-9-8-10-26(2)39(25)35-18-17-33-32-16-14-28-15-19-37-34(30-11-4-5-12-31(30)36-13-6-7-21-49(36)37)23-27(3)48-22-20-29(43(44,45)46)24-38(48)40(28)41(32)50-42(33)47-35/h4-14,16-18,20-22,24,34,37H,3,15,19,23H2,1-2H3/q+2. The molecule has 246 valence electrons. The van der Waals surface area contributed by atoms with E-state index in [-0.39, 0.29) is 12.0 Å². The highest BCUT2D eigenvalue weighted by molar-refractivity contribution is 6.09. The quantitative estimate of drug-likeness (QED) is 0.164. The van der Waals surface area contributed by atoms with Crippen LogP contribution in [0.1, 0.15) is 52.6 Å². The number of pyridine rings is 3. The second-order valence-electron chi connectivity index (χ2n) is 13.6. The molecule has 50 heavy (non-hydrogen) atoms. The smallest absolute Gasteiger partial charge is 0.416 e. The van der Waals surface area contributed by atoms with Crippen molar-refractivity contribution in [1.82, 2.24) is 4.98 Å². The van der Waals surface area contributed by atoms with Gasteiger partial charge in [-0.05, 0) is 73.4 Å². The van der Waals surface area contributed by atoms with Gasteiger partial charge in [0.1, 0.15) is 0 Å². The van der Waals surface area contributed by atoms with Gasteiger partial charge in [-0.2, -0.15) is 22.3 Å². The zero-order valence-electron chi connectivity index (χ0n) is 27.8. The number of hydrogen-bond donors (Lipinski definition) is 0. The molecule has 0 amide bonds. The van der Waals surface area contributed by atoms with E-state index in [0.717, 1.165) is 62.6 Å². The van der Waals surface area contributed by atoms with E-state index >= 15 is 0 Å². The van der Waals surface area contributed by atoms with Crippen molar-refractivity contribution in [3.8, 4) is 33.8 Å². The number of nitrogens with zero attached hydrogens (tertiary/aromatic N) is 3. The molecule has 2 aliphatic heterocycles. The maximum Gasteiger partial charge on any atom is 0.416 e. The molecule has 2 unspecified atom stereocenters. The summed E-state index contributed by atoms with van der Waals surface area (Å²) in [5.41, 5.74) is 10.6. The molecule has 2 atom stereocenters. The van der Waals surface area contributed by atoms with Gasteiger partial charge in [0.2, 0.25) is 17.1 Å². The van der Waals surface area contributed by atoms with Crippen LogP contribution in [0.25, 0.3) is 61.5 Å². The molecule has 4 aromatic heterocycles. The van der Waals surface area contributed by atoms with Crippen molar-refractivity contribution in [3.63, 3.8) is 0 Å². The van der Waals surface area contributed by atoms with Crippen molar-refractivity contribution in [1.29, 1.82) is 0 Å². The number of aromatic nitrogens is 3. The van der Waals surface area contributed by atoms with E-state index in [0.29, 0.717) is 35.4 Å². The second-order valence-corrected chi connectivity index (χ2v) is 13.6. The second kappa shape index (κ2) is 11.2. The van der Waals surface area contributed by atoms with Crippen molar-refractivity contribution in [3.05, 3.63) is 144 Å². The Morgan fingerprint density at radius 1 is 0.800 bits per heavy atom. The number of fused-ring (bicyclic) bond motifs is 13. The fourth-order valence-electron chi connectivity index (χ4n) is 8.42. The molecule has 4 nitrogen and oxygen atoms in total. The molecule has 3 aromatic carbocycles. The van der Waals surface area contributed by atoms with Gasteiger partial charge < -0.3 is 4.42 Å². The summed E-state index contributed by atoms with van der Waals surface area (Å²) < 4.78 is 54.0. The van der Waals surface area contributed by atoms with Crippen LogP contribution < -0.4 is 9.13 Å². The molecular weight excluding hydrogens is 631 g/mol. The van der Waals surface area contributed by atoms with Crippen LogP contribution in [0.4, 0.5) is 13.2 Å². The molecule has 0 saturated heterocycles. The van der Waals surface area contributed by atoms with Gasteiger partial charge in [0.25, 0.3) is 0 Å². The minimum atomic E-state index is -4.52. The van der Waals surface area contributed by atoms with E-state index in [4.69, 9.17) is 9.40 Å². The summed E-state index contributed by atoms with van der Waals surface area (Å²) in [6, 6.07) is 31.5. The zero-order valence-corrected chi connectivity index (χ0v) is 27.8. The minimum absolute atomic E-state index is 0.0743. The Morgan fingerprint density at radius 2 is 1.58 bits per heavy atom. The van der Waals surface area contributed by atoms with E-state index in [2.05, 4.69) is 91.9 Å². The maximum atomic E-state index is 14.4. The monoisotopic (exact) mass is 665 g/mol. The molecule has 0 radical (unpaired) electrons. The molecule has 0 N–H and O–H groups in total.